The van der Waals surface area contributed by atoms with Crippen molar-refractivity contribution in [3.8, 4) is 0 Å². The molecule has 0 radical (unpaired) electrons. The van der Waals surface area contributed by atoms with E-state index in [0.717, 1.165) is 6.54 Å². The molecule has 1 atom stereocenters. The highest BCUT2D eigenvalue weighted by atomic mass is 15.4. The first kappa shape index (κ1) is 5.37. The van der Waals surface area contributed by atoms with Gasteiger partial charge in [0.05, 0.1) is 6.54 Å². The molecule has 0 aliphatic carbocycles. The van der Waals surface area contributed by atoms with Crippen LogP contribution < -0.4 is 16.6 Å². The minimum absolute atomic E-state index is 0.432. The Bertz CT molecular complexity index is 109. The third-order valence-electron chi connectivity index (χ3n) is 1.04. The molecule has 0 unspecified atom stereocenters. The average molecular weight is 114 g/mol. The molecule has 0 spiro atoms. The molecule has 1 aliphatic rings. The van der Waals surface area contributed by atoms with Crippen molar-refractivity contribution in [2.75, 3.05) is 6.54 Å². The predicted molar refractivity (Wildman–Crippen MR) is 32.2 cm³/mol. The number of aliphatic imine (C=N–C) groups is 1. The van der Waals surface area contributed by atoms with Crippen LogP contribution in [0.15, 0.2) is 4.99 Å². The zero-order valence-electron chi connectivity index (χ0n) is 4.81. The quantitative estimate of drug-likeness (QED) is 0.274. The van der Waals surface area contributed by atoms with E-state index < -0.39 is 0 Å². The highest BCUT2D eigenvalue weighted by molar-refractivity contribution is 5.80. The lowest BCUT2D eigenvalue weighted by Crippen LogP contribution is -2.41. The SMILES string of the molecule is C[C@H]1CN=C(NN)N1. The second-order valence-electron chi connectivity index (χ2n) is 1.88. The van der Waals surface area contributed by atoms with Crippen LogP contribution in [0.25, 0.3) is 0 Å². The lowest BCUT2D eigenvalue weighted by Gasteiger charge is -2.02. The maximum absolute atomic E-state index is 5.05. The topological polar surface area (TPSA) is 62.4 Å². The lowest BCUT2D eigenvalue weighted by atomic mass is 10.4. The Labute approximate surface area is 48.1 Å². The second-order valence-corrected chi connectivity index (χ2v) is 1.88. The minimum atomic E-state index is 0.432. The fourth-order valence-electron chi connectivity index (χ4n) is 0.640. The summed E-state index contributed by atoms with van der Waals surface area (Å²) in [5.74, 6) is 5.74. The number of nitrogens with two attached hydrogens (primary N) is 1. The first-order valence-corrected chi connectivity index (χ1v) is 2.60. The number of nitrogens with one attached hydrogen (secondary N) is 2. The molecule has 4 heteroatoms. The number of hydrazine groups is 1. The summed E-state index contributed by atoms with van der Waals surface area (Å²) in [5.41, 5.74) is 2.43. The molecule has 1 heterocycles. The van der Waals surface area contributed by atoms with Gasteiger partial charge < -0.3 is 5.32 Å². The zero-order chi connectivity index (χ0) is 5.98. The van der Waals surface area contributed by atoms with Crippen LogP contribution in [0.2, 0.25) is 0 Å². The Morgan fingerprint density at radius 2 is 2.75 bits per heavy atom. The summed E-state index contributed by atoms with van der Waals surface area (Å²) in [5, 5.41) is 3.02. The molecular weight excluding hydrogens is 104 g/mol. The highest BCUT2D eigenvalue weighted by Crippen LogP contribution is 1.89. The van der Waals surface area contributed by atoms with E-state index in [1.165, 1.54) is 0 Å². The molecule has 0 aromatic carbocycles. The second kappa shape index (κ2) is 2.00. The van der Waals surface area contributed by atoms with Crippen molar-refractivity contribution in [1.82, 2.24) is 10.7 Å². The van der Waals surface area contributed by atoms with Gasteiger partial charge in [-0.2, -0.15) is 0 Å². The van der Waals surface area contributed by atoms with Crippen LogP contribution in [-0.4, -0.2) is 18.5 Å². The largest absolute Gasteiger partial charge is 0.351 e. The van der Waals surface area contributed by atoms with Crippen molar-refractivity contribution in [2.24, 2.45) is 10.8 Å². The Balaban J connectivity index is 2.37. The standard InChI is InChI=1S/C4H10N4/c1-3-2-6-4(7-3)8-5/h3H,2,5H2,1H3,(H2,6,7,8)/t3-/m0/s1. The van der Waals surface area contributed by atoms with E-state index >= 15 is 0 Å². The van der Waals surface area contributed by atoms with Gasteiger partial charge in [0, 0.05) is 6.04 Å². The van der Waals surface area contributed by atoms with Crippen LogP contribution in [0.5, 0.6) is 0 Å². The van der Waals surface area contributed by atoms with Crippen LogP contribution >= 0.6 is 0 Å². The third-order valence-corrected chi connectivity index (χ3v) is 1.04. The summed E-state index contributed by atoms with van der Waals surface area (Å²) in [4.78, 5) is 4.00. The van der Waals surface area contributed by atoms with E-state index in [2.05, 4.69) is 15.7 Å². The monoisotopic (exact) mass is 114 g/mol. The van der Waals surface area contributed by atoms with E-state index in [9.17, 15) is 0 Å². The number of rotatable bonds is 0. The smallest absolute Gasteiger partial charge is 0.206 e. The summed E-state index contributed by atoms with van der Waals surface area (Å²) in [6.07, 6.45) is 0. The number of nitrogens with zero attached hydrogens (tertiary/aromatic N) is 1. The van der Waals surface area contributed by atoms with Crippen molar-refractivity contribution >= 4 is 5.96 Å². The molecule has 0 saturated heterocycles. The van der Waals surface area contributed by atoms with E-state index in [1.54, 1.807) is 0 Å². The molecule has 0 fully saturated rings. The molecule has 0 bridgehead atoms. The maximum atomic E-state index is 5.05. The Morgan fingerprint density at radius 1 is 2.00 bits per heavy atom. The number of guanidine groups is 1. The average Bonchev–Trinajstić information content (AvgIpc) is 2.14. The molecule has 0 aromatic heterocycles. The van der Waals surface area contributed by atoms with E-state index in [0.29, 0.717) is 12.0 Å². The van der Waals surface area contributed by atoms with Crippen molar-refractivity contribution in [3.63, 3.8) is 0 Å². The van der Waals surface area contributed by atoms with Gasteiger partial charge in [0.2, 0.25) is 5.96 Å². The number of hydrogen-bond donors (Lipinski definition) is 3. The predicted octanol–water partition coefficient (Wildman–Crippen LogP) is -1.20. The van der Waals surface area contributed by atoms with Crippen molar-refractivity contribution < 1.29 is 0 Å². The van der Waals surface area contributed by atoms with Crippen molar-refractivity contribution in [2.45, 2.75) is 13.0 Å². The zero-order valence-corrected chi connectivity index (χ0v) is 4.81. The van der Waals surface area contributed by atoms with E-state index in [1.807, 2.05) is 6.92 Å². The molecule has 1 aliphatic heterocycles. The van der Waals surface area contributed by atoms with Crippen molar-refractivity contribution in [1.29, 1.82) is 0 Å². The van der Waals surface area contributed by atoms with Crippen LogP contribution in [0, 0.1) is 0 Å². The normalized spacial score (nSPS) is 26.8. The molecule has 0 amide bonds. The van der Waals surface area contributed by atoms with Gasteiger partial charge in [-0.15, -0.1) is 0 Å². The molecule has 46 valence electrons. The van der Waals surface area contributed by atoms with Gasteiger partial charge in [-0.1, -0.05) is 0 Å². The van der Waals surface area contributed by atoms with Crippen LogP contribution in [0.1, 0.15) is 6.92 Å². The Kier molecular flexibility index (Phi) is 1.34. The van der Waals surface area contributed by atoms with Crippen LogP contribution in [-0.2, 0) is 0 Å². The molecule has 8 heavy (non-hydrogen) atoms. The van der Waals surface area contributed by atoms with Crippen LogP contribution in [0.4, 0.5) is 0 Å². The van der Waals surface area contributed by atoms with Gasteiger partial charge in [-0.3, -0.25) is 10.4 Å². The van der Waals surface area contributed by atoms with Crippen molar-refractivity contribution in [3.05, 3.63) is 0 Å². The number of hydrogen-bond acceptors (Lipinski definition) is 4. The summed E-state index contributed by atoms with van der Waals surface area (Å²) < 4.78 is 0. The first-order chi connectivity index (χ1) is 3.83. The molecule has 0 aromatic rings. The van der Waals surface area contributed by atoms with Gasteiger partial charge in [0.25, 0.3) is 0 Å². The summed E-state index contributed by atoms with van der Waals surface area (Å²) in [6.45, 7) is 2.87. The van der Waals surface area contributed by atoms with Gasteiger partial charge in [0.15, 0.2) is 0 Å². The highest BCUT2D eigenvalue weighted by Gasteiger charge is 2.09. The summed E-state index contributed by atoms with van der Waals surface area (Å²) in [7, 11) is 0. The van der Waals surface area contributed by atoms with Gasteiger partial charge >= 0.3 is 0 Å². The van der Waals surface area contributed by atoms with E-state index in [4.69, 9.17) is 5.84 Å². The summed E-state index contributed by atoms with van der Waals surface area (Å²) in [6, 6.07) is 0.432. The third kappa shape index (κ3) is 0.894. The fourth-order valence-corrected chi connectivity index (χ4v) is 0.640. The molecule has 4 N–H and O–H groups in total. The lowest BCUT2D eigenvalue weighted by molar-refractivity contribution is 0.716. The van der Waals surface area contributed by atoms with Crippen LogP contribution in [0.3, 0.4) is 0 Å². The van der Waals surface area contributed by atoms with E-state index in [-0.39, 0.29) is 0 Å². The first-order valence-electron chi connectivity index (χ1n) is 2.60. The maximum Gasteiger partial charge on any atom is 0.206 e. The van der Waals surface area contributed by atoms with Gasteiger partial charge in [-0.05, 0) is 6.92 Å². The Morgan fingerprint density at radius 3 is 3.00 bits per heavy atom. The fraction of sp³-hybridized carbons (Fsp3) is 0.750. The molecule has 4 nitrogen and oxygen atoms in total. The molecule has 1 rings (SSSR count). The Hall–Kier alpha value is -0.770. The minimum Gasteiger partial charge on any atom is -0.351 e. The summed E-state index contributed by atoms with van der Waals surface area (Å²) >= 11 is 0. The van der Waals surface area contributed by atoms with Gasteiger partial charge in [-0.25, -0.2) is 5.84 Å². The molecule has 0 saturated carbocycles. The molecular formula is C4H10N4. The van der Waals surface area contributed by atoms with Gasteiger partial charge in [0.1, 0.15) is 0 Å².